The molecule has 21 heavy (non-hydrogen) atoms. The quantitative estimate of drug-likeness (QED) is 0.506. The molecule has 0 saturated heterocycles. The lowest BCUT2D eigenvalue weighted by Crippen LogP contribution is -2.33. The van der Waals surface area contributed by atoms with Crippen molar-refractivity contribution in [2.45, 2.75) is 18.8 Å². The standard InChI is InChI=1S/C17H16BrCl3/c1-12-2-5-14(6-3-12)17(10-19,11-20)9-13-4-7-15(18)8-16(13)21/h2-8H,9-11H2,1H3. The smallest absolute Gasteiger partial charge is 0.0449 e. The summed E-state index contributed by atoms with van der Waals surface area (Å²) in [5, 5.41) is 0.732. The van der Waals surface area contributed by atoms with E-state index in [0.717, 1.165) is 27.0 Å². The van der Waals surface area contributed by atoms with Crippen LogP contribution in [0.5, 0.6) is 0 Å². The summed E-state index contributed by atoms with van der Waals surface area (Å²) < 4.78 is 0.967. The summed E-state index contributed by atoms with van der Waals surface area (Å²) in [6, 6.07) is 14.3. The molecule has 0 fully saturated rings. The van der Waals surface area contributed by atoms with E-state index in [0.29, 0.717) is 11.8 Å². The Morgan fingerprint density at radius 2 is 1.62 bits per heavy atom. The van der Waals surface area contributed by atoms with Crippen molar-refractivity contribution in [2.24, 2.45) is 0 Å². The SMILES string of the molecule is Cc1ccc(C(CCl)(CCl)Cc2ccc(Br)cc2Cl)cc1. The number of halogens is 4. The maximum Gasteiger partial charge on any atom is 0.0449 e. The fraction of sp³-hybridized carbons (Fsp3) is 0.294. The zero-order chi connectivity index (χ0) is 15.5. The zero-order valence-electron chi connectivity index (χ0n) is 11.7. The summed E-state index contributed by atoms with van der Waals surface area (Å²) in [6.45, 7) is 2.07. The van der Waals surface area contributed by atoms with Crippen molar-refractivity contribution in [1.82, 2.24) is 0 Å². The predicted octanol–water partition coefficient (Wildman–Crippen LogP) is 6.37. The van der Waals surface area contributed by atoms with Crippen molar-refractivity contribution in [2.75, 3.05) is 11.8 Å². The summed E-state index contributed by atoms with van der Waals surface area (Å²) in [5.74, 6) is 0.901. The van der Waals surface area contributed by atoms with Crippen LogP contribution in [0.4, 0.5) is 0 Å². The highest BCUT2D eigenvalue weighted by atomic mass is 79.9. The molecular formula is C17H16BrCl3. The lowest BCUT2D eigenvalue weighted by Gasteiger charge is -2.31. The predicted molar refractivity (Wildman–Crippen MR) is 97.2 cm³/mol. The second kappa shape index (κ2) is 7.37. The topological polar surface area (TPSA) is 0 Å². The lowest BCUT2D eigenvalue weighted by molar-refractivity contribution is 0.536. The summed E-state index contributed by atoms with van der Waals surface area (Å²) >= 11 is 22.4. The van der Waals surface area contributed by atoms with Crippen LogP contribution in [0.1, 0.15) is 16.7 Å². The van der Waals surface area contributed by atoms with Gasteiger partial charge in [-0.05, 0) is 36.6 Å². The van der Waals surface area contributed by atoms with E-state index in [2.05, 4.69) is 47.1 Å². The molecule has 0 saturated carbocycles. The van der Waals surface area contributed by atoms with E-state index in [9.17, 15) is 0 Å². The third-order valence-electron chi connectivity index (χ3n) is 3.72. The van der Waals surface area contributed by atoms with Crippen LogP contribution in [0.15, 0.2) is 46.9 Å². The van der Waals surface area contributed by atoms with Gasteiger partial charge in [0.1, 0.15) is 0 Å². The van der Waals surface area contributed by atoms with Crippen LogP contribution in [0.25, 0.3) is 0 Å². The lowest BCUT2D eigenvalue weighted by atomic mass is 9.78. The van der Waals surface area contributed by atoms with E-state index in [4.69, 9.17) is 34.8 Å². The Kier molecular flexibility index (Phi) is 6.02. The number of hydrogen-bond acceptors (Lipinski definition) is 0. The highest BCUT2D eigenvalue weighted by molar-refractivity contribution is 9.10. The Labute approximate surface area is 149 Å². The van der Waals surface area contributed by atoms with Gasteiger partial charge in [0.25, 0.3) is 0 Å². The van der Waals surface area contributed by atoms with E-state index in [-0.39, 0.29) is 5.41 Å². The molecule has 2 aromatic rings. The number of benzene rings is 2. The second-order valence-electron chi connectivity index (χ2n) is 5.33. The van der Waals surface area contributed by atoms with Gasteiger partial charge < -0.3 is 0 Å². The van der Waals surface area contributed by atoms with Gasteiger partial charge in [-0.3, -0.25) is 0 Å². The van der Waals surface area contributed by atoms with Crippen LogP contribution in [0, 0.1) is 6.92 Å². The van der Waals surface area contributed by atoms with Gasteiger partial charge >= 0.3 is 0 Å². The number of rotatable bonds is 5. The maximum atomic E-state index is 6.35. The van der Waals surface area contributed by atoms with Crippen molar-refractivity contribution in [3.63, 3.8) is 0 Å². The summed E-state index contributed by atoms with van der Waals surface area (Å²) in [7, 11) is 0. The zero-order valence-corrected chi connectivity index (χ0v) is 15.5. The van der Waals surface area contributed by atoms with Gasteiger partial charge in [0.2, 0.25) is 0 Å². The minimum Gasteiger partial charge on any atom is -0.126 e. The first-order chi connectivity index (χ1) is 10.0. The van der Waals surface area contributed by atoms with E-state index < -0.39 is 0 Å². The van der Waals surface area contributed by atoms with Gasteiger partial charge in [0, 0.05) is 26.7 Å². The Morgan fingerprint density at radius 1 is 1.00 bits per heavy atom. The molecule has 0 aliphatic carbocycles. The van der Waals surface area contributed by atoms with Crippen LogP contribution in [0.3, 0.4) is 0 Å². The van der Waals surface area contributed by atoms with E-state index in [1.165, 1.54) is 5.56 Å². The van der Waals surface area contributed by atoms with Gasteiger partial charge in [-0.1, -0.05) is 63.4 Å². The summed E-state index contributed by atoms with van der Waals surface area (Å²) in [4.78, 5) is 0. The average Bonchev–Trinajstić information content (AvgIpc) is 2.48. The molecule has 0 aliphatic heterocycles. The molecule has 2 aromatic carbocycles. The van der Waals surface area contributed by atoms with Gasteiger partial charge in [0.05, 0.1) is 0 Å². The van der Waals surface area contributed by atoms with E-state index in [1.807, 2.05) is 18.2 Å². The largest absolute Gasteiger partial charge is 0.126 e. The average molecular weight is 407 g/mol. The molecule has 0 heterocycles. The summed E-state index contributed by atoms with van der Waals surface area (Å²) in [6.07, 6.45) is 0.717. The molecule has 2 rings (SSSR count). The van der Waals surface area contributed by atoms with Crippen LogP contribution in [0.2, 0.25) is 5.02 Å². The molecule has 0 unspecified atom stereocenters. The Hall–Kier alpha value is -0.210. The molecule has 0 N–H and O–H groups in total. The molecule has 0 atom stereocenters. The number of aryl methyl sites for hydroxylation is 1. The first-order valence-electron chi connectivity index (χ1n) is 6.64. The number of hydrogen-bond donors (Lipinski definition) is 0. The molecule has 0 aliphatic rings. The third-order valence-corrected chi connectivity index (χ3v) is 5.59. The Bertz CT molecular complexity index is 604. The van der Waals surface area contributed by atoms with E-state index >= 15 is 0 Å². The van der Waals surface area contributed by atoms with Gasteiger partial charge in [-0.15, -0.1) is 23.2 Å². The minimum atomic E-state index is -0.311. The Morgan fingerprint density at radius 3 is 2.14 bits per heavy atom. The van der Waals surface area contributed by atoms with E-state index in [1.54, 1.807) is 0 Å². The van der Waals surface area contributed by atoms with Crippen LogP contribution >= 0.6 is 50.7 Å². The molecule has 4 heteroatoms. The highest BCUT2D eigenvalue weighted by Crippen LogP contribution is 2.34. The van der Waals surface area contributed by atoms with Crippen molar-refractivity contribution in [3.8, 4) is 0 Å². The molecule has 0 nitrogen and oxygen atoms in total. The molecule has 0 amide bonds. The molecule has 0 spiro atoms. The third kappa shape index (κ3) is 3.96. The van der Waals surface area contributed by atoms with Gasteiger partial charge in [-0.2, -0.15) is 0 Å². The molecule has 0 radical (unpaired) electrons. The minimum absolute atomic E-state index is 0.311. The maximum absolute atomic E-state index is 6.35. The van der Waals surface area contributed by atoms with Crippen molar-refractivity contribution < 1.29 is 0 Å². The first kappa shape index (κ1) is 17.1. The van der Waals surface area contributed by atoms with Crippen LogP contribution in [-0.2, 0) is 11.8 Å². The highest BCUT2D eigenvalue weighted by Gasteiger charge is 2.31. The first-order valence-corrected chi connectivity index (χ1v) is 8.88. The van der Waals surface area contributed by atoms with Gasteiger partial charge in [-0.25, -0.2) is 0 Å². The molecule has 0 bridgehead atoms. The normalized spacial score (nSPS) is 11.7. The second-order valence-corrected chi connectivity index (χ2v) is 7.18. The van der Waals surface area contributed by atoms with Gasteiger partial charge in [0.15, 0.2) is 0 Å². The fourth-order valence-corrected chi connectivity index (χ4v) is 3.85. The summed E-state index contributed by atoms with van der Waals surface area (Å²) in [5.41, 5.74) is 3.12. The molecule has 0 aromatic heterocycles. The Balaban J connectivity index is 2.40. The van der Waals surface area contributed by atoms with Crippen LogP contribution < -0.4 is 0 Å². The molecule has 112 valence electrons. The van der Waals surface area contributed by atoms with Crippen molar-refractivity contribution >= 4 is 50.7 Å². The fourth-order valence-electron chi connectivity index (χ4n) is 2.32. The van der Waals surface area contributed by atoms with Crippen LogP contribution in [-0.4, -0.2) is 11.8 Å². The van der Waals surface area contributed by atoms with Crippen molar-refractivity contribution in [3.05, 3.63) is 68.7 Å². The van der Waals surface area contributed by atoms with Crippen molar-refractivity contribution in [1.29, 1.82) is 0 Å². The number of alkyl halides is 2. The monoisotopic (exact) mass is 404 g/mol. The molecular weight excluding hydrogens is 390 g/mol.